The summed E-state index contributed by atoms with van der Waals surface area (Å²) in [6, 6.07) is 24.1. The van der Waals surface area contributed by atoms with Crippen LogP contribution in [0.1, 0.15) is 56.8 Å². The Hall–Kier alpha value is -3.29. The molecule has 0 spiro atoms. The number of benzene rings is 3. The summed E-state index contributed by atoms with van der Waals surface area (Å²) in [7, 11) is 0. The Bertz CT molecular complexity index is 1450. The maximum Gasteiger partial charge on any atom is 0.276 e. The first-order chi connectivity index (χ1) is 19.1. The number of hydrogen-bond donors (Lipinski definition) is 1. The Balaban J connectivity index is 1.46. The van der Waals surface area contributed by atoms with Crippen molar-refractivity contribution >= 4 is 45.8 Å². The van der Waals surface area contributed by atoms with E-state index in [2.05, 4.69) is 48.3 Å². The van der Waals surface area contributed by atoms with Crippen molar-refractivity contribution in [2.45, 2.75) is 51.4 Å². The molecule has 1 N–H and O–H groups in total. The van der Waals surface area contributed by atoms with Crippen LogP contribution in [0.4, 0.5) is 5.69 Å². The van der Waals surface area contributed by atoms with Gasteiger partial charge < -0.3 is 4.90 Å². The third kappa shape index (κ3) is 6.31. The lowest BCUT2D eigenvalue weighted by Crippen LogP contribution is -2.50. The van der Waals surface area contributed by atoms with Crippen LogP contribution in [0.15, 0.2) is 82.9 Å². The number of para-hydroxylation sites is 1. The highest BCUT2D eigenvalue weighted by Crippen LogP contribution is 2.32. The molecule has 1 atom stereocenters. The van der Waals surface area contributed by atoms with Gasteiger partial charge in [-0.2, -0.15) is 0 Å². The summed E-state index contributed by atoms with van der Waals surface area (Å²) in [6.45, 7) is 6.57. The summed E-state index contributed by atoms with van der Waals surface area (Å²) >= 11 is 7.52. The largest absolute Gasteiger partial charge is 0.372 e. The topological polar surface area (TPSA) is 60.3 Å². The number of hydrogen-bond acceptors (Lipinski definition) is 6. The average molecular weight is 560 g/mol. The zero-order valence-corrected chi connectivity index (χ0v) is 24.0. The van der Waals surface area contributed by atoms with Crippen molar-refractivity contribution in [2.75, 3.05) is 18.0 Å². The Morgan fingerprint density at radius 1 is 0.949 bits per heavy atom. The van der Waals surface area contributed by atoms with Crippen molar-refractivity contribution in [3.05, 3.63) is 99.5 Å². The van der Waals surface area contributed by atoms with Gasteiger partial charge in [-0.25, -0.2) is 5.01 Å². The number of nitrogens with zero attached hydrogens (tertiary/aromatic N) is 4. The number of thioether (sulfide) groups is 1. The van der Waals surface area contributed by atoms with Crippen LogP contribution in [0.2, 0.25) is 5.02 Å². The van der Waals surface area contributed by atoms with E-state index in [1.54, 1.807) is 5.01 Å². The number of unbranched alkanes of at least 4 members (excludes halogenated alkanes) is 2. The second-order valence-electron chi connectivity index (χ2n) is 9.77. The minimum Gasteiger partial charge on any atom is -0.372 e. The smallest absolute Gasteiger partial charge is 0.276 e. The van der Waals surface area contributed by atoms with Gasteiger partial charge in [0.2, 0.25) is 0 Å². The summed E-state index contributed by atoms with van der Waals surface area (Å²) < 4.78 is 0. The first-order valence-electron chi connectivity index (χ1n) is 13.7. The van der Waals surface area contributed by atoms with Crippen molar-refractivity contribution in [1.29, 1.82) is 0 Å². The van der Waals surface area contributed by atoms with Gasteiger partial charge in [0.15, 0.2) is 11.3 Å². The Morgan fingerprint density at radius 3 is 2.33 bits per heavy atom. The Kier molecular flexibility index (Phi) is 8.89. The van der Waals surface area contributed by atoms with E-state index in [0.717, 1.165) is 34.8 Å². The molecule has 0 saturated heterocycles. The highest BCUT2D eigenvalue weighted by Gasteiger charge is 2.34. The van der Waals surface area contributed by atoms with Crippen LogP contribution < -0.4 is 20.8 Å². The molecule has 8 heteroatoms. The van der Waals surface area contributed by atoms with Crippen LogP contribution >= 0.6 is 23.4 Å². The second-order valence-corrected chi connectivity index (χ2v) is 11.2. The van der Waals surface area contributed by atoms with Gasteiger partial charge in [0.1, 0.15) is 5.70 Å². The minimum absolute atomic E-state index is 0.169. The first-order valence-corrected chi connectivity index (χ1v) is 15.0. The number of anilines is 1. The average Bonchev–Trinajstić information content (AvgIpc) is 2.96. The van der Waals surface area contributed by atoms with Gasteiger partial charge in [0.05, 0.1) is 5.36 Å². The van der Waals surface area contributed by atoms with Crippen molar-refractivity contribution < 1.29 is 4.79 Å². The second kappa shape index (κ2) is 12.7. The molecule has 6 nitrogen and oxygen atoms in total. The highest BCUT2D eigenvalue weighted by atomic mass is 35.5. The van der Waals surface area contributed by atoms with E-state index in [0.29, 0.717) is 21.6 Å². The van der Waals surface area contributed by atoms with E-state index in [1.165, 1.54) is 43.1 Å². The van der Waals surface area contributed by atoms with Gasteiger partial charge >= 0.3 is 0 Å². The molecule has 2 heterocycles. The number of rotatable bonds is 10. The SMILES string of the molecule is CCCCN(CCCC)c1ccc(C2N=c3ccccc3=C3C(=O)NC(SCc4ccc(Cl)cc4)=NN32)cc1. The Morgan fingerprint density at radius 2 is 1.64 bits per heavy atom. The van der Waals surface area contributed by atoms with E-state index < -0.39 is 6.17 Å². The first kappa shape index (κ1) is 27.3. The lowest BCUT2D eigenvalue weighted by atomic mass is 10.1. The maximum atomic E-state index is 13.4. The number of amides is 1. The summed E-state index contributed by atoms with van der Waals surface area (Å²) in [6.07, 6.45) is 4.26. The van der Waals surface area contributed by atoms with E-state index in [4.69, 9.17) is 21.7 Å². The molecule has 0 radical (unpaired) electrons. The molecule has 3 aromatic carbocycles. The molecule has 202 valence electrons. The zero-order chi connectivity index (χ0) is 27.2. The lowest BCUT2D eigenvalue weighted by Gasteiger charge is -2.34. The highest BCUT2D eigenvalue weighted by molar-refractivity contribution is 8.13. The standard InChI is InChI=1S/C31H34ClN5OS/c1-3-5-19-36(20-6-4-2)25-17-13-23(14-18-25)29-33-27-10-8-7-9-26(27)28-30(38)34-31(35-37(28)29)39-21-22-11-15-24(32)16-12-22/h7-18,29H,3-6,19-21H2,1-2H3,(H,34,35,38). The molecule has 0 aliphatic carbocycles. The van der Waals surface area contributed by atoms with Gasteiger partial charge in [-0.3, -0.25) is 15.1 Å². The number of carbonyl (C=O) groups is 1. The van der Waals surface area contributed by atoms with E-state index >= 15 is 0 Å². The summed E-state index contributed by atoms with van der Waals surface area (Å²) in [5.41, 5.74) is 3.85. The van der Waals surface area contributed by atoms with Crippen LogP contribution in [-0.2, 0) is 10.5 Å². The lowest BCUT2D eigenvalue weighted by molar-refractivity contribution is -0.116. The van der Waals surface area contributed by atoms with E-state index in [1.807, 2.05) is 48.5 Å². The van der Waals surface area contributed by atoms with Crippen molar-refractivity contribution in [3.63, 3.8) is 0 Å². The fourth-order valence-corrected chi connectivity index (χ4v) is 5.70. The van der Waals surface area contributed by atoms with Crippen LogP contribution in [0.5, 0.6) is 0 Å². The van der Waals surface area contributed by atoms with Gasteiger partial charge in [-0.1, -0.05) is 92.5 Å². The normalized spacial score (nSPS) is 16.1. The predicted molar refractivity (Wildman–Crippen MR) is 162 cm³/mol. The summed E-state index contributed by atoms with van der Waals surface area (Å²) in [5.74, 6) is 0.496. The molecular weight excluding hydrogens is 526 g/mol. The fourth-order valence-electron chi connectivity index (χ4n) is 4.77. The molecule has 0 bridgehead atoms. The quantitative estimate of drug-likeness (QED) is 0.340. The van der Waals surface area contributed by atoms with Crippen LogP contribution in [0, 0.1) is 0 Å². The number of nitrogens with one attached hydrogen (secondary N) is 1. The van der Waals surface area contributed by atoms with Crippen LogP contribution in [0.25, 0.3) is 5.70 Å². The molecule has 5 rings (SSSR count). The van der Waals surface area contributed by atoms with Gasteiger partial charge in [0, 0.05) is 34.8 Å². The summed E-state index contributed by atoms with van der Waals surface area (Å²) in [5, 5.41) is 12.5. The zero-order valence-electron chi connectivity index (χ0n) is 22.4. The molecule has 1 unspecified atom stereocenters. The van der Waals surface area contributed by atoms with E-state index in [9.17, 15) is 4.79 Å². The van der Waals surface area contributed by atoms with E-state index in [-0.39, 0.29) is 5.91 Å². The van der Waals surface area contributed by atoms with Gasteiger partial charge in [-0.15, -0.1) is 5.10 Å². The molecule has 3 aromatic rings. The number of halogens is 1. The number of hydrazone groups is 1. The van der Waals surface area contributed by atoms with Gasteiger partial charge in [-0.05, 0) is 54.3 Å². The van der Waals surface area contributed by atoms with Crippen LogP contribution in [-0.4, -0.2) is 29.2 Å². The van der Waals surface area contributed by atoms with Gasteiger partial charge in [0.25, 0.3) is 5.91 Å². The van der Waals surface area contributed by atoms with Crippen molar-refractivity contribution in [1.82, 2.24) is 10.3 Å². The van der Waals surface area contributed by atoms with Crippen molar-refractivity contribution in [2.24, 2.45) is 10.1 Å². The predicted octanol–water partition coefficient (Wildman–Crippen LogP) is 5.82. The molecule has 0 saturated carbocycles. The molecule has 2 aliphatic heterocycles. The third-order valence-corrected chi connectivity index (χ3v) is 8.11. The molecule has 0 aromatic heterocycles. The monoisotopic (exact) mass is 559 g/mol. The number of amidine groups is 1. The molecular formula is C31H34ClN5OS. The maximum absolute atomic E-state index is 13.4. The molecule has 1 amide bonds. The number of carbonyl (C=O) groups excluding carboxylic acids is 1. The fraction of sp³-hybridized carbons (Fsp3) is 0.323. The molecule has 2 aliphatic rings. The summed E-state index contributed by atoms with van der Waals surface area (Å²) in [4.78, 5) is 21.0. The van der Waals surface area contributed by atoms with Crippen molar-refractivity contribution in [3.8, 4) is 0 Å². The van der Waals surface area contributed by atoms with Crippen LogP contribution in [0.3, 0.4) is 0 Å². The minimum atomic E-state index is -0.430. The third-order valence-electron chi connectivity index (χ3n) is 6.92. The Labute approximate surface area is 239 Å². The number of fused-ring (bicyclic) bond motifs is 2. The molecule has 39 heavy (non-hydrogen) atoms. The molecule has 0 fully saturated rings.